The summed E-state index contributed by atoms with van der Waals surface area (Å²) in [4.78, 5) is 14.1. The number of thiophene rings is 1. The maximum atomic E-state index is 11.8. The van der Waals surface area contributed by atoms with E-state index in [1.807, 2.05) is 6.07 Å². The first kappa shape index (κ1) is 14.5. The van der Waals surface area contributed by atoms with E-state index in [0.29, 0.717) is 18.9 Å². The van der Waals surface area contributed by atoms with Gasteiger partial charge in [-0.1, -0.05) is 0 Å². The summed E-state index contributed by atoms with van der Waals surface area (Å²) in [6.07, 6.45) is 2.91. The molecule has 0 bridgehead atoms. The number of halogens is 1. The third-order valence-corrected chi connectivity index (χ3v) is 3.92. The van der Waals surface area contributed by atoms with Crippen LogP contribution >= 0.6 is 23.7 Å². The normalized spacial score (nSPS) is 16.1. The molecule has 1 atom stereocenters. The molecule has 3 nitrogen and oxygen atoms in total. The summed E-state index contributed by atoms with van der Waals surface area (Å²) in [6.45, 7) is 2.61. The Morgan fingerprint density at radius 2 is 2.29 bits per heavy atom. The number of rotatable bonds is 5. The molecule has 0 aliphatic heterocycles. The summed E-state index contributed by atoms with van der Waals surface area (Å²) in [5.74, 6) is 0.725. The minimum absolute atomic E-state index is 0. The molecule has 1 aromatic rings. The zero-order valence-corrected chi connectivity index (χ0v) is 11.6. The molecule has 0 radical (unpaired) electrons. The maximum Gasteiger partial charge on any atom is 0.225 e. The van der Waals surface area contributed by atoms with E-state index >= 15 is 0 Å². The summed E-state index contributed by atoms with van der Waals surface area (Å²) < 4.78 is 0. The fraction of sp³-hybridized carbons (Fsp3) is 0.583. The Morgan fingerprint density at radius 3 is 2.76 bits per heavy atom. The first-order valence-corrected chi connectivity index (χ1v) is 6.55. The fourth-order valence-electron chi connectivity index (χ4n) is 1.86. The molecule has 1 saturated carbocycles. The molecule has 3 N–H and O–H groups in total. The Hall–Kier alpha value is -0.580. The Balaban J connectivity index is 0.00000144. The van der Waals surface area contributed by atoms with Gasteiger partial charge in [0.2, 0.25) is 5.91 Å². The number of nitrogens with one attached hydrogen (secondary N) is 1. The van der Waals surface area contributed by atoms with E-state index in [4.69, 9.17) is 5.73 Å². The second kappa shape index (κ2) is 6.38. The van der Waals surface area contributed by atoms with Crippen LogP contribution in [-0.2, 0) is 11.2 Å². The highest BCUT2D eigenvalue weighted by atomic mass is 35.5. The molecule has 1 unspecified atom stereocenters. The predicted molar refractivity (Wildman–Crippen MR) is 73.7 cm³/mol. The zero-order valence-electron chi connectivity index (χ0n) is 9.94. The van der Waals surface area contributed by atoms with Gasteiger partial charge in [0.05, 0.1) is 6.42 Å². The molecule has 0 aromatic carbocycles. The van der Waals surface area contributed by atoms with Crippen molar-refractivity contribution in [2.45, 2.75) is 32.2 Å². The van der Waals surface area contributed by atoms with Crippen molar-refractivity contribution >= 4 is 29.7 Å². The van der Waals surface area contributed by atoms with Crippen molar-refractivity contribution in [2.24, 2.45) is 11.7 Å². The number of aryl methyl sites for hydroxylation is 1. The van der Waals surface area contributed by atoms with E-state index in [1.54, 1.807) is 11.3 Å². The summed E-state index contributed by atoms with van der Waals surface area (Å²) in [5.41, 5.74) is 5.65. The average molecular weight is 275 g/mol. The van der Waals surface area contributed by atoms with Crippen molar-refractivity contribution in [2.75, 3.05) is 6.54 Å². The van der Waals surface area contributed by atoms with Gasteiger partial charge in [-0.2, -0.15) is 0 Å². The second-order valence-electron chi connectivity index (χ2n) is 4.44. The van der Waals surface area contributed by atoms with Gasteiger partial charge >= 0.3 is 0 Å². The molecule has 1 fully saturated rings. The molecule has 17 heavy (non-hydrogen) atoms. The Kier molecular flexibility index (Phi) is 5.43. The van der Waals surface area contributed by atoms with Crippen LogP contribution in [0.15, 0.2) is 12.1 Å². The lowest BCUT2D eigenvalue weighted by molar-refractivity contribution is -0.121. The molecule has 1 aliphatic rings. The van der Waals surface area contributed by atoms with Gasteiger partial charge in [0.15, 0.2) is 0 Å². The van der Waals surface area contributed by atoms with Gasteiger partial charge in [-0.05, 0) is 37.8 Å². The predicted octanol–water partition coefficient (Wildman–Crippen LogP) is 1.87. The van der Waals surface area contributed by atoms with E-state index in [-0.39, 0.29) is 24.4 Å². The fourth-order valence-corrected chi connectivity index (χ4v) is 2.75. The molecule has 5 heteroatoms. The van der Waals surface area contributed by atoms with Crippen LogP contribution in [0.2, 0.25) is 0 Å². The first-order chi connectivity index (χ1) is 7.69. The molecule has 0 spiro atoms. The number of carbonyl (C=O) groups excluding carboxylic acids is 1. The van der Waals surface area contributed by atoms with Gasteiger partial charge in [0, 0.05) is 22.3 Å². The molecular weight excluding hydrogens is 256 g/mol. The molecule has 96 valence electrons. The van der Waals surface area contributed by atoms with Gasteiger partial charge in [-0.15, -0.1) is 23.7 Å². The zero-order chi connectivity index (χ0) is 11.5. The molecule has 1 amide bonds. The molecular formula is C12H19ClN2OS. The molecule has 1 aromatic heterocycles. The van der Waals surface area contributed by atoms with E-state index in [2.05, 4.69) is 18.3 Å². The van der Waals surface area contributed by atoms with Gasteiger partial charge in [-0.3, -0.25) is 4.79 Å². The third-order valence-electron chi connectivity index (χ3n) is 2.92. The number of carbonyl (C=O) groups is 1. The largest absolute Gasteiger partial charge is 0.352 e. The number of nitrogens with two attached hydrogens (primary N) is 1. The topological polar surface area (TPSA) is 55.1 Å². The Morgan fingerprint density at radius 1 is 1.59 bits per heavy atom. The number of hydrogen-bond donors (Lipinski definition) is 2. The summed E-state index contributed by atoms with van der Waals surface area (Å²) in [7, 11) is 0. The lowest BCUT2D eigenvalue weighted by Crippen LogP contribution is -2.42. The summed E-state index contributed by atoms with van der Waals surface area (Å²) in [5, 5.41) is 3.03. The van der Waals surface area contributed by atoms with Crippen LogP contribution in [-0.4, -0.2) is 18.5 Å². The molecule has 2 rings (SSSR count). The van der Waals surface area contributed by atoms with Gasteiger partial charge < -0.3 is 11.1 Å². The quantitative estimate of drug-likeness (QED) is 0.861. The third kappa shape index (κ3) is 4.30. The minimum atomic E-state index is 0. The van der Waals surface area contributed by atoms with Crippen LogP contribution in [0.4, 0.5) is 0 Å². The number of amides is 1. The van der Waals surface area contributed by atoms with Gasteiger partial charge in [0.25, 0.3) is 0 Å². The second-order valence-corrected chi connectivity index (χ2v) is 5.81. The Labute approximate surface area is 112 Å². The smallest absolute Gasteiger partial charge is 0.225 e. The van der Waals surface area contributed by atoms with Crippen LogP contribution in [0, 0.1) is 12.8 Å². The first-order valence-electron chi connectivity index (χ1n) is 5.74. The lowest BCUT2D eigenvalue weighted by Gasteiger charge is -2.15. The molecule has 1 heterocycles. The highest BCUT2D eigenvalue weighted by Crippen LogP contribution is 2.32. The van der Waals surface area contributed by atoms with E-state index < -0.39 is 0 Å². The molecule has 1 aliphatic carbocycles. The van der Waals surface area contributed by atoms with Crippen LogP contribution in [0.3, 0.4) is 0 Å². The minimum Gasteiger partial charge on any atom is -0.352 e. The van der Waals surface area contributed by atoms with Crippen LogP contribution in [0.1, 0.15) is 22.6 Å². The van der Waals surface area contributed by atoms with Crippen molar-refractivity contribution < 1.29 is 4.79 Å². The summed E-state index contributed by atoms with van der Waals surface area (Å²) in [6, 6.07) is 4.26. The van der Waals surface area contributed by atoms with E-state index in [1.165, 1.54) is 17.7 Å². The van der Waals surface area contributed by atoms with Crippen LogP contribution < -0.4 is 11.1 Å². The van der Waals surface area contributed by atoms with E-state index in [9.17, 15) is 4.79 Å². The summed E-state index contributed by atoms with van der Waals surface area (Å²) >= 11 is 1.68. The van der Waals surface area contributed by atoms with Crippen molar-refractivity contribution in [3.05, 3.63) is 21.9 Å². The molecule has 0 saturated heterocycles. The van der Waals surface area contributed by atoms with Crippen LogP contribution in [0.25, 0.3) is 0 Å². The monoisotopic (exact) mass is 274 g/mol. The van der Waals surface area contributed by atoms with Crippen molar-refractivity contribution in [3.63, 3.8) is 0 Å². The van der Waals surface area contributed by atoms with Crippen molar-refractivity contribution in [1.82, 2.24) is 5.32 Å². The SMILES string of the molecule is Cc1ccc(CC(=O)NC(CN)C2CC2)s1.Cl. The van der Waals surface area contributed by atoms with Gasteiger partial charge in [-0.25, -0.2) is 0 Å². The number of hydrogen-bond acceptors (Lipinski definition) is 3. The van der Waals surface area contributed by atoms with Gasteiger partial charge in [0.1, 0.15) is 0 Å². The van der Waals surface area contributed by atoms with E-state index in [0.717, 1.165) is 4.88 Å². The van der Waals surface area contributed by atoms with Crippen LogP contribution in [0.5, 0.6) is 0 Å². The highest BCUT2D eigenvalue weighted by Gasteiger charge is 2.31. The standard InChI is InChI=1S/C12H18N2OS.ClH/c1-8-2-5-10(16-8)6-12(15)14-11(7-13)9-3-4-9;/h2,5,9,11H,3-4,6-7,13H2,1H3,(H,14,15);1H. The van der Waals surface area contributed by atoms with Crippen molar-refractivity contribution in [3.8, 4) is 0 Å². The van der Waals surface area contributed by atoms with Crippen molar-refractivity contribution in [1.29, 1.82) is 0 Å². The Bertz CT molecular complexity index is 376. The maximum absolute atomic E-state index is 11.8. The lowest BCUT2D eigenvalue weighted by atomic mass is 10.2. The highest BCUT2D eigenvalue weighted by molar-refractivity contribution is 7.12. The average Bonchev–Trinajstić information content (AvgIpc) is 3.00.